The first-order valence-electron chi connectivity index (χ1n) is 4.79. The lowest BCUT2D eigenvalue weighted by atomic mass is 10.2. The number of amides is 1. The van der Waals surface area contributed by atoms with Gasteiger partial charge in [-0.05, 0) is 0 Å². The smallest absolute Gasteiger partial charge is 0.222 e. The summed E-state index contributed by atoms with van der Waals surface area (Å²) in [6.07, 6.45) is 0. The molecule has 0 aromatic heterocycles. The summed E-state index contributed by atoms with van der Waals surface area (Å²) in [6.45, 7) is 5.66. The minimum Gasteiger partial charge on any atom is -0.354 e. The Hall–Kier alpha value is -0.220. The van der Waals surface area contributed by atoms with Gasteiger partial charge in [-0.1, -0.05) is 13.8 Å². The second kappa shape index (κ2) is 5.50. The molecule has 1 fully saturated rings. The minimum absolute atomic E-state index is 0.0937. The second-order valence-corrected chi connectivity index (χ2v) is 4.78. The van der Waals surface area contributed by atoms with Crippen LogP contribution in [0.1, 0.15) is 13.8 Å². The quantitative estimate of drug-likeness (QED) is 0.699. The molecule has 1 saturated heterocycles. The highest BCUT2D eigenvalue weighted by Gasteiger charge is 2.14. The molecule has 76 valence electrons. The number of hydrogen-bond donors (Lipinski definition) is 2. The van der Waals surface area contributed by atoms with E-state index in [9.17, 15) is 4.79 Å². The molecule has 1 amide bonds. The van der Waals surface area contributed by atoms with Gasteiger partial charge in [0.25, 0.3) is 0 Å². The van der Waals surface area contributed by atoms with E-state index in [0.29, 0.717) is 6.04 Å². The Bertz CT molecular complexity index is 167. The Morgan fingerprint density at radius 1 is 1.69 bits per heavy atom. The Morgan fingerprint density at radius 3 is 3.00 bits per heavy atom. The maximum absolute atomic E-state index is 11.2. The predicted molar refractivity (Wildman–Crippen MR) is 57.0 cm³/mol. The van der Waals surface area contributed by atoms with Crippen LogP contribution in [0.2, 0.25) is 0 Å². The summed E-state index contributed by atoms with van der Waals surface area (Å²) in [5, 5.41) is 6.31. The summed E-state index contributed by atoms with van der Waals surface area (Å²) >= 11 is 1.95. The Labute approximate surface area is 84.0 Å². The predicted octanol–water partition coefficient (Wildman–Crippen LogP) is 0.464. The van der Waals surface area contributed by atoms with Gasteiger partial charge in [-0.3, -0.25) is 4.79 Å². The van der Waals surface area contributed by atoms with E-state index < -0.39 is 0 Å². The van der Waals surface area contributed by atoms with Crippen molar-refractivity contribution in [2.45, 2.75) is 19.9 Å². The fourth-order valence-corrected chi connectivity index (χ4v) is 2.13. The minimum atomic E-state index is 0.0937. The summed E-state index contributed by atoms with van der Waals surface area (Å²) in [7, 11) is 0. The number of nitrogens with one attached hydrogen (secondary N) is 2. The summed E-state index contributed by atoms with van der Waals surface area (Å²) in [5.74, 6) is 2.54. The highest BCUT2D eigenvalue weighted by Crippen LogP contribution is 2.06. The van der Waals surface area contributed by atoms with Crippen LogP contribution in [0.15, 0.2) is 0 Å². The maximum atomic E-state index is 11.2. The van der Waals surface area contributed by atoms with E-state index in [1.165, 1.54) is 5.75 Å². The van der Waals surface area contributed by atoms with Gasteiger partial charge in [0.05, 0.1) is 0 Å². The largest absolute Gasteiger partial charge is 0.354 e. The molecule has 0 radical (unpaired) electrons. The first kappa shape index (κ1) is 10.9. The highest BCUT2D eigenvalue weighted by atomic mass is 32.2. The summed E-state index contributed by atoms with van der Waals surface area (Å²) in [4.78, 5) is 11.2. The van der Waals surface area contributed by atoms with Gasteiger partial charge in [0, 0.05) is 36.6 Å². The van der Waals surface area contributed by atoms with Crippen LogP contribution < -0.4 is 10.6 Å². The van der Waals surface area contributed by atoms with Crippen molar-refractivity contribution < 1.29 is 4.79 Å². The molecule has 0 aromatic carbocycles. The molecule has 0 saturated carbocycles. The van der Waals surface area contributed by atoms with Crippen molar-refractivity contribution in [1.29, 1.82) is 0 Å². The topological polar surface area (TPSA) is 41.1 Å². The maximum Gasteiger partial charge on any atom is 0.222 e. The molecule has 1 unspecified atom stereocenters. The molecular weight excluding hydrogens is 184 g/mol. The first-order chi connectivity index (χ1) is 6.20. The average Bonchev–Trinajstić information content (AvgIpc) is 2.15. The van der Waals surface area contributed by atoms with Crippen molar-refractivity contribution in [1.82, 2.24) is 10.6 Å². The van der Waals surface area contributed by atoms with Crippen LogP contribution in [0, 0.1) is 5.92 Å². The molecule has 1 aliphatic heterocycles. The summed E-state index contributed by atoms with van der Waals surface area (Å²) < 4.78 is 0. The molecular formula is C9H18N2OS. The molecule has 0 aromatic rings. The number of rotatable bonds is 3. The molecule has 1 rings (SSSR count). The molecule has 0 bridgehead atoms. The molecule has 1 heterocycles. The molecule has 0 aliphatic carbocycles. The fourth-order valence-electron chi connectivity index (χ4n) is 1.18. The lowest BCUT2D eigenvalue weighted by Gasteiger charge is -2.23. The fraction of sp³-hybridized carbons (Fsp3) is 0.889. The van der Waals surface area contributed by atoms with Crippen molar-refractivity contribution in [3.63, 3.8) is 0 Å². The third-order valence-corrected chi connectivity index (χ3v) is 3.18. The standard InChI is InChI=1S/C9H18N2OS/c1-7(2)9(12)11-5-8-6-13-4-3-10-8/h7-8,10H,3-6H2,1-2H3,(H,11,12). The third kappa shape index (κ3) is 4.00. The number of carbonyl (C=O) groups excluding carboxylic acids is 1. The summed E-state index contributed by atoms with van der Waals surface area (Å²) in [6, 6.07) is 0.460. The van der Waals surface area contributed by atoms with Gasteiger partial charge in [0.15, 0.2) is 0 Å². The zero-order chi connectivity index (χ0) is 9.68. The van der Waals surface area contributed by atoms with Crippen LogP contribution in [0.25, 0.3) is 0 Å². The molecule has 0 spiro atoms. The lowest BCUT2D eigenvalue weighted by molar-refractivity contribution is -0.124. The highest BCUT2D eigenvalue weighted by molar-refractivity contribution is 7.99. The van der Waals surface area contributed by atoms with E-state index in [1.54, 1.807) is 0 Å². The van der Waals surface area contributed by atoms with E-state index in [2.05, 4.69) is 10.6 Å². The normalized spacial score (nSPS) is 23.2. The van der Waals surface area contributed by atoms with Crippen LogP contribution in [-0.4, -0.2) is 36.5 Å². The van der Waals surface area contributed by atoms with Crippen molar-refractivity contribution in [3.8, 4) is 0 Å². The average molecular weight is 202 g/mol. The van der Waals surface area contributed by atoms with Gasteiger partial charge in [-0.15, -0.1) is 0 Å². The van der Waals surface area contributed by atoms with Gasteiger partial charge in [0.2, 0.25) is 5.91 Å². The van der Waals surface area contributed by atoms with Crippen LogP contribution in [0.5, 0.6) is 0 Å². The van der Waals surface area contributed by atoms with Crippen LogP contribution in [-0.2, 0) is 4.79 Å². The van der Waals surface area contributed by atoms with E-state index in [-0.39, 0.29) is 11.8 Å². The van der Waals surface area contributed by atoms with E-state index in [0.717, 1.165) is 18.8 Å². The number of hydrogen-bond acceptors (Lipinski definition) is 3. The molecule has 4 heteroatoms. The third-order valence-electron chi connectivity index (χ3n) is 2.05. The van der Waals surface area contributed by atoms with Crippen LogP contribution in [0.3, 0.4) is 0 Å². The Kier molecular flexibility index (Phi) is 4.59. The molecule has 1 aliphatic rings. The molecule has 3 nitrogen and oxygen atoms in total. The van der Waals surface area contributed by atoms with Gasteiger partial charge in [0.1, 0.15) is 0 Å². The SMILES string of the molecule is CC(C)C(=O)NCC1CSCCN1. The zero-order valence-corrected chi connectivity index (χ0v) is 9.12. The van der Waals surface area contributed by atoms with E-state index in [1.807, 2.05) is 25.6 Å². The Balaban J connectivity index is 2.13. The summed E-state index contributed by atoms with van der Waals surface area (Å²) in [5.41, 5.74) is 0. The van der Waals surface area contributed by atoms with Crippen LogP contribution in [0.4, 0.5) is 0 Å². The molecule has 1 atom stereocenters. The van der Waals surface area contributed by atoms with Crippen molar-refractivity contribution in [2.75, 3.05) is 24.6 Å². The second-order valence-electron chi connectivity index (χ2n) is 3.63. The molecule has 13 heavy (non-hydrogen) atoms. The van der Waals surface area contributed by atoms with Crippen LogP contribution >= 0.6 is 11.8 Å². The van der Waals surface area contributed by atoms with Crippen molar-refractivity contribution in [2.24, 2.45) is 5.92 Å². The number of carbonyl (C=O) groups is 1. The van der Waals surface area contributed by atoms with Gasteiger partial charge >= 0.3 is 0 Å². The van der Waals surface area contributed by atoms with Gasteiger partial charge < -0.3 is 10.6 Å². The van der Waals surface area contributed by atoms with Gasteiger partial charge in [-0.2, -0.15) is 11.8 Å². The van der Waals surface area contributed by atoms with E-state index in [4.69, 9.17) is 0 Å². The lowest BCUT2D eigenvalue weighted by Crippen LogP contribution is -2.46. The van der Waals surface area contributed by atoms with Crippen molar-refractivity contribution in [3.05, 3.63) is 0 Å². The zero-order valence-electron chi connectivity index (χ0n) is 8.30. The first-order valence-corrected chi connectivity index (χ1v) is 5.94. The van der Waals surface area contributed by atoms with Crippen molar-refractivity contribution >= 4 is 17.7 Å². The van der Waals surface area contributed by atoms with Gasteiger partial charge in [-0.25, -0.2) is 0 Å². The number of thioether (sulfide) groups is 1. The molecule has 2 N–H and O–H groups in total. The monoisotopic (exact) mass is 202 g/mol. The van der Waals surface area contributed by atoms with E-state index >= 15 is 0 Å². The Morgan fingerprint density at radius 2 is 2.46 bits per heavy atom.